The van der Waals surface area contributed by atoms with E-state index in [2.05, 4.69) is 70.3 Å². The molecule has 0 saturated carbocycles. The lowest BCUT2D eigenvalue weighted by molar-refractivity contribution is -0.183. The quantitative estimate of drug-likeness (QED) is 0.00750. The first-order chi connectivity index (χ1) is 64.3. The number of aliphatic imine (C=N–C) groups is 4. The predicted molar refractivity (Wildman–Crippen MR) is 474 cm³/mol. The maximum absolute atomic E-state index is 15.6. The zero-order valence-corrected chi connectivity index (χ0v) is 81.9. The molecular formula is C82H125ClF5N13O35P2. The number of aliphatic hydroxyl groups is 3. The molecule has 0 spiro atoms. The summed E-state index contributed by atoms with van der Waals surface area (Å²) >= 11 is 6.11. The Bertz CT molecular complexity index is 4410. The molecule has 4 fully saturated rings. The van der Waals surface area contributed by atoms with E-state index in [1.165, 1.54) is 47.9 Å². The number of ether oxygens (including phenoxy) is 16. The van der Waals surface area contributed by atoms with Crippen LogP contribution in [0.15, 0.2) is 111 Å². The third-order valence-corrected chi connectivity index (χ3v) is 22.7. The number of nitrogens with two attached hydrogens (primary N) is 4. The first kappa shape index (κ1) is 118. The monoisotopic (exact) mass is 2040 g/mol. The van der Waals surface area contributed by atoms with Gasteiger partial charge in [0, 0.05) is 31.6 Å². The average Bonchev–Trinajstić information content (AvgIpc) is 1.62. The molecule has 8 aliphatic heterocycles. The zero-order chi connectivity index (χ0) is 104. The molecule has 780 valence electrons. The van der Waals surface area contributed by atoms with Gasteiger partial charge in [0.2, 0.25) is 27.2 Å². The van der Waals surface area contributed by atoms with E-state index in [1.54, 1.807) is 118 Å². The molecule has 11 N–H and O–H groups in total. The Balaban J connectivity index is 0.000000328. The summed E-state index contributed by atoms with van der Waals surface area (Å²) in [6.45, 7) is 35.7. The number of alkyl halides is 6. The number of nitrogens with zero attached hydrogens (tertiary/aromatic N) is 9. The van der Waals surface area contributed by atoms with Gasteiger partial charge in [-0.25, -0.2) is 93.3 Å². The van der Waals surface area contributed by atoms with E-state index in [1.807, 2.05) is 0 Å². The summed E-state index contributed by atoms with van der Waals surface area (Å²) in [6, 6.07) is 0. The lowest BCUT2D eigenvalue weighted by Gasteiger charge is -2.35. The number of halogens is 6. The molecule has 0 aromatic carbocycles. The van der Waals surface area contributed by atoms with E-state index in [0.717, 1.165) is 21.7 Å². The number of hydrazone groups is 1. The largest absolute Gasteiger partial charge is 0.510 e. The van der Waals surface area contributed by atoms with Gasteiger partial charge >= 0.3 is 64.1 Å². The van der Waals surface area contributed by atoms with Gasteiger partial charge in [-0.05, 0) is 87.0 Å². The number of phosphoric acid groups is 2. The lowest BCUT2D eigenvalue weighted by Crippen LogP contribution is -2.52. The van der Waals surface area contributed by atoms with Crippen LogP contribution in [0.2, 0.25) is 0 Å². The second-order valence-electron chi connectivity index (χ2n) is 33.2. The third kappa shape index (κ3) is 32.9. The Morgan fingerprint density at radius 3 is 1.12 bits per heavy atom. The number of hydrogen-bond acceptors (Lipinski definition) is 48. The standard InChI is InChI=1S/C22H34F2N3O12P.C22H35FN3O13P.C20H30FN3O5.C18H26ClFN4O5/c1-12(2)37-20(29)32-10-35-40(31,36-11-33-21(30)38-13(3)4)34-9-22(14(5)23)18(28)17(24)19(39-22)27-8-7-16(25)26-15(27)6;1-13(2)37-20(29)32-11-35-40(31,36-12-33-21(30)38-14(3)4)34-10-22(7-9-27)18(28)17(23)19(39-22)26-8-6-16(24)25-15(26)5;1-7-20(10-27-18(25)11(2)3)16(28-19(26)12(4)5)15(21)17(29-20)24-9-8-14(22)23-13(24)6;1-9(2)16(25)27-8-18(7-19)14(28-17(26)10(3)4)13(20)15(29-18)24-11(5)23-12(21)6-22-24/h7-8,12-14,17-19,28H,6,9-11H2,1-5H3,(H2,25,26);6,8,13-14,17-19,27-28H,5,7,9-12H2,1-4H3,(H2,24,25);8-9,11-12,15-17H,6-7,10H2,1-5H3,(H2,22,23);6,9-10,13-15H,5,7-8H2,1-4H3,(H2,21,23)/t14?,17-,18+,19-,22+;17-,18+,19-,22-;15-,16+,17-,20-;13-,14+,15-,18-/m1111/s1. The predicted octanol–water partition coefficient (Wildman–Crippen LogP) is 8.82. The van der Waals surface area contributed by atoms with Crippen LogP contribution in [0.4, 0.5) is 41.1 Å². The summed E-state index contributed by atoms with van der Waals surface area (Å²) in [5.41, 5.74) is 15.0. The van der Waals surface area contributed by atoms with Crippen LogP contribution in [-0.4, -0.2) is 306 Å². The first-order valence-corrected chi connectivity index (χ1v) is 46.3. The Hall–Kier alpha value is -10.2. The second-order valence-corrected chi connectivity index (χ2v) is 36.8. The number of aliphatic hydroxyl groups excluding tert-OH is 3. The van der Waals surface area contributed by atoms with Gasteiger partial charge < -0.3 is 129 Å². The number of rotatable bonds is 41. The molecule has 0 aromatic heterocycles. The van der Waals surface area contributed by atoms with Crippen molar-refractivity contribution in [1.82, 2.24) is 19.7 Å². The molecule has 0 amide bonds. The molecule has 56 heteroatoms. The highest BCUT2D eigenvalue weighted by Gasteiger charge is 2.65. The Morgan fingerprint density at radius 2 is 0.775 bits per heavy atom. The number of hydrogen-bond donors (Lipinski definition) is 7. The molecule has 0 radical (unpaired) electrons. The molecule has 1 unspecified atom stereocenters. The third-order valence-electron chi connectivity index (χ3n) is 19.7. The highest BCUT2D eigenvalue weighted by atomic mass is 35.5. The van der Waals surface area contributed by atoms with Crippen molar-refractivity contribution in [1.29, 1.82) is 0 Å². The first-order valence-electron chi connectivity index (χ1n) is 42.8. The van der Waals surface area contributed by atoms with Crippen LogP contribution in [0.3, 0.4) is 0 Å². The van der Waals surface area contributed by atoms with Crippen LogP contribution in [0.1, 0.15) is 137 Å². The molecule has 0 bridgehead atoms. The molecule has 0 aromatic rings. The van der Waals surface area contributed by atoms with Crippen LogP contribution < -0.4 is 22.9 Å². The summed E-state index contributed by atoms with van der Waals surface area (Å²) in [4.78, 5) is 114. The molecule has 17 atom stereocenters. The Labute approximate surface area is 798 Å². The number of amidine groups is 4. The number of esters is 4. The van der Waals surface area contributed by atoms with Crippen molar-refractivity contribution < 1.29 is 188 Å². The SMILES string of the molecule is C=C1N=C(N)C=CN1[C@@H]1O[C@@](COP(=O)(OCOC(=O)OC(C)C)OCOC(=O)OC(C)C)(C(C)F)[C@@H](O)[C@H]1F.C=C1N=C(N)C=CN1[C@@H]1O[C@](CC)(COC(=O)C(C)C)[C@@H](OC(=O)C(C)C)[C@H]1F.C=C1N=C(N)C=CN1[C@@H]1O[C@](CCO)(COP(=O)(OCOC(=O)OC(C)C)OCOC(=O)OC(C)C)[C@@H](O)[C@H]1F.C=C1N=C(N)C=NN1[C@@H]1O[C@](CCl)(COC(=O)C(C)C)[C@@H](OC(=O)C(C)C)[C@H]1F. The zero-order valence-electron chi connectivity index (χ0n) is 79.4. The van der Waals surface area contributed by atoms with E-state index in [0.29, 0.717) is 0 Å². The topological polar surface area (TPSA) is 613 Å². The molecule has 0 aliphatic carbocycles. The lowest BCUT2D eigenvalue weighted by atomic mass is 9.92. The van der Waals surface area contributed by atoms with Crippen molar-refractivity contribution in [3.05, 3.63) is 86.4 Å². The van der Waals surface area contributed by atoms with Gasteiger partial charge in [0.25, 0.3) is 0 Å². The van der Waals surface area contributed by atoms with E-state index < -0.39 is 269 Å². The maximum Gasteiger partial charge on any atom is 0.510 e. The maximum atomic E-state index is 15.6. The van der Waals surface area contributed by atoms with E-state index >= 15 is 17.6 Å². The minimum atomic E-state index is -4.88. The minimum Gasteiger partial charge on any atom is -0.462 e. The summed E-state index contributed by atoms with van der Waals surface area (Å²) in [5, 5.41) is 36.1. The molecule has 48 nitrogen and oxygen atoms in total. The van der Waals surface area contributed by atoms with Gasteiger partial charge in [0.1, 0.15) is 89.4 Å². The average molecular weight is 2050 g/mol. The normalized spacial score (nSPS) is 27.0. The molecule has 8 aliphatic rings. The van der Waals surface area contributed by atoms with Gasteiger partial charge in [-0.1, -0.05) is 88.6 Å². The van der Waals surface area contributed by atoms with E-state index in [9.17, 15) is 67.2 Å². The van der Waals surface area contributed by atoms with Crippen LogP contribution in [0.5, 0.6) is 0 Å². The van der Waals surface area contributed by atoms with E-state index in [4.69, 9.17) is 119 Å². The minimum absolute atomic E-state index is 0.00812. The summed E-state index contributed by atoms with van der Waals surface area (Å²) in [6.07, 6.45) is -20.0. The van der Waals surface area contributed by atoms with Gasteiger partial charge in [-0.2, -0.15) is 5.10 Å². The molecule has 138 heavy (non-hydrogen) atoms. The highest BCUT2D eigenvalue weighted by molar-refractivity contribution is 7.48. The summed E-state index contributed by atoms with van der Waals surface area (Å²) < 4.78 is 215. The van der Waals surface area contributed by atoms with Gasteiger partial charge in [0.15, 0.2) is 73.0 Å². The number of carbonyl (C=O) groups excluding carboxylic acids is 8. The fourth-order valence-electron chi connectivity index (χ4n) is 12.4. The Morgan fingerprint density at radius 1 is 0.449 bits per heavy atom. The van der Waals surface area contributed by atoms with Crippen molar-refractivity contribution in [2.24, 2.45) is 71.7 Å². The fraction of sp³-hybridized carbons (Fsp3) is 0.671. The molecular weight excluding hydrogens is 1920 g/mol. The van der Waals surface area contributed by atoms with Gasteiger partial charge in [0.05, 0.1) is 73.4 Å². The molecule has 8 rings (SSSR count). The fourth-order valence-corrected chi connectivity index (χ4v) is 14.6. The van der Waals surface area contributed by atoms with Crippen molar-refractivity contribution in [2.45, 2.75) is 264 Å². The molecule has 8 heterocycles. The van der Waals surface area contributed by atoms with Crippen LogP contribution >= 0.6 is 27.2 Å². The number of carbonyl (C=O) groups is 8. The molecule has 4 saturated heterocycles. The second kappa shape index (κ2) is 52.9. The van der Waals surface area contributed by atoms with Crippen molar-refractivity contribution in [3.63, 3.8) is 0 Å². The summed E-state index contributed by atoms with van der Waals surface area (Å²) in [5.74, 6) is -3.55. The highest BCUT2D eigenvalue weighted by Crippen LogP contribution is 2.54. The van der Waals surface area contributed by atoms with Crippen LogP contribution in [0.25, 0.3) is 0 Å². The summed E-state index contributed by atoms with van der Waals surface area (Å²) in [7, 11) is -9.66. The van der Waals surface area contributed by atoms with Crippen LogP contribution in [0, 0.1) is 23.7 Å². The Kier molecular flexibility index (Phi) is 45.3. The van der Waals surface area contributed by atoms with Crippen molar-refractivity contribution >= 4 is 105 Å². The number of phosphoric ester groups is 2. The van der Waals surface area contributed by atoms with Gasteiger partial charge in [-0.3, -0.25) is 28.2 Å². The van der Waals surface area contributed by atoms with Crippen molar-refractivity contribution in [3.8, 4) is 0 Å². The van der Waals surface area contributed by atoms with E-state index in [-0.39, 0.29) is 71.5 Å². The van der Waals surface area contributed by atoms with Crippen LogP contribution in [-0.2, 0) is 131 Å². The smallest absolute Gasteiger partial charge is 0.462 e. The van der Waals surface area contributed by atoms with Crippen molar-refractivity contribution in [2.75, 3.05) is 66.1 Å². The van der Waals surface area contributed by atoms with Gasteiger partial charge in [-0.15, -0.1) is 11.6 Å².